The Balaban J connectivity index is 2.19. The average molecular weight is 388 g/mol. The highest BCUT2D eigenvalue weighted by molar-refractivity contribution is 7.93. The number of rotatable bonds is 4. The van der Waals surface area contributed by atoms with Gasteiger partial charge in [0.25, 0.3) is 0 Å². The van der Waals surface area contributed by atoms with Gasteiger partial charge in [0.2, 0.25) is 5.28 Å². The van der Waals surface area contributed by atoms with Gasteiger partial charge in [-0.1, -0.05) is 12.1 Å². The van der Waals surface area contributed by atoms with E-state index in [1.807, 2.05) is 0 Å². The third kappa shape index (κ3) is 3.04. The third-order valence-electron chi connectivity index (χ3n) is 3.21. The van der Waals surface area contributed by atoms with Crippen molar-refractivity contribution in [3.8, 4) is 0 Å². The third-order valence-corrected chi connectivity index (χ3v) is 5.11. The van der Waals surface area contributed by atoms with Crippen LogP contribution in [0.1, 0.15) is 5.82 Å². The molecule has 2 aromatic heterocycles. The van der Waals surface area contributed by atoms with Crippen LogP contribution in [-0.2, 0) is 9.84 Å². The van der Waals surface area contributed by atoms with Crippen LogP contribution in [0.25, 0.3) is 11.2 Å². The van der Waals surface area contributed by atoms with Gasteiger partial charge in [0.05, 0.1) is 10.6 Å². The zero-order chi connectivity index (χ0) is 17.5. The minimum absolute atomic E-state index is 0.0557. The summed E-state index contributed by atoms with van der Waals surface area (Å²) in [6, 6.07) is 6.35. The molecule has 0 aliphatic heterocycles. The fourth-order valence-electron chi connectivity index (χ4n) is 2.21. The fourth-order valence-corrected chi connectivity index (χ4v) is 3.55. The van der Waals surface area contributed by atoms with Crippen LogP contribution in [0, 0.1) is 6.92 Å². The molecule has 2 heterocycles. The SMILES string of the molecule is Cc1nc2c(Nc3ccccc3S(C)(=O)=O)nc(Cl)nc2n1SF. The summed E-state index contributed by atoms with van der Waals surface area (Å²) in [5.74, 6) is 0.561. The number of nitrogens with one attached hydrogen (secondary N) is 1. The number of hydrogen-bond acceptors (Lipinski definition) is 7. The highest BCUT2D eigenvalue weighted by Crippen LogP contribution is 2.30. The lowest BCUT2D eigenvalue weighted by atomic mass is 10.3. The molecule has 3 rings (SSSR count). The highest BCUT2D eigenvalue weighted by Gasteiger charge is 2.19. The number of aryl methyl sites for hydroxylation is 1. The van der Waals surface area contributed by atoms with Gasteiger partial charge in [-0.25, -0.2) is 17.4 Å². The maximum atomic E-state index is 13.1. The van der Waals surface area contributed by atoms with E-state index < -0.39 is 9.84 Å². The first-order valence-corrected chi connectivity index (χ1v) is 9.53. The number of aromatic nitrogens is 4. The zero-order valence-corrected chi connectivity index (χ0v) is 14.9. The first-order valence-electron chi connectivity index (χ1n) is 6.59. The van der Waals surface area contributed by atoms with E-state index in [-0.39, 0.29) is 39.5 Å². The maximum absolute atomic E-state index is 13.1. The van der Waals surface area contributed by atoms with Crippen molar-refractivity contribution in [3.63, 3.8) is 0 Å². The second kappa shape index (κ2) is 6.19. The summed E-state index contributed by atoms with van der Waals surface area (Å²) in [7, 11) is -3.45. The quantitative estimate of drug-likeness (QED) is 0.687. The van der Waals surface area contributed by atoms with Crippen LogP contribution >= 0.6 is 23.9 Å². The number of hydrogen-bond donors (Lipinski definition) is 1. The first kappa shape index (κ1) is 16.9. The second-order valence-corrected chi connectivity index (χ2v) is 7.75. The van der Waals surface area contributed by atoms with Crippen molar-refractivity contribution >= 4 is 56.4 Å². The summed E-state index contributed by atoms with van der Waals surface area (Å²) in [4.78, 5) is 12.3. The number of fused-ring (bicyclic) bond motifs is 1. The second-order valence-electron chi connectivity index (χ2n) is 4.93. The largest absolute Gasteiger partial charge is 0.337 e. The van der Waals surface area contributed by atoms with E-state index in [2.05, 4.69) is 20.3 Å². The number of anilines is 2. The lowest BCUT2D eigenvalue weighted by Gasteiger charge is -2.10. The molecule has 126 valence electrons. The Morgan fingerprint density at radius 3 is 2.62 bits per heavy atom. The molecule has 7 nitrogen and oxygen atoms in total. The first-order chi connectivity index (χ1) is 11.3. The van der Waals surface area contributed by atoms with Gasteiger partial charge in [-0.3, -0.25) is 0 Å². The Kier molecular flexibility index (Phi) is 4.37. The Labute approximate surface area is 146 Å². The standard InChI is InChI=1S/C13H11ClFN5O2S2/c1-7-16-10-11(18-13(14)19-12(10)20(7)23-15)17-8-5-3-4-6-9(8)24(2,21)22/h3-6H,1-2H3,(H,17,18,19). The number of sulfone groups is 1. The van der Waals surface area contributed by atoms with Gasteiger partial charge in [-0.05, 0) is 30.7 Å². The van der Waals surface area contributed by atoms with Crippen molar-refractivity contribution in [3.05, 3.63) is 35.4 Å². The van der Waals surface area contributed by atoms with Crippen molar-refractivity contribution in [2.75, 3.05) is 11.6 Å². The highest BCUT2D eigenvalue weighted by atomic mass is 35.5. The summed E-state index contributed by atoms with van der Waals surface area (Å²) in [5, 5.41) is 2.79. The molecule has 3 aromatic rings. The Hall–Kier alpha value is -1.91. The molecule has 1 aromatic carbocycles. The van der Waals surface area contributed by atoms with E-state index in [9.17, 15) is 12.3 Å². The van der Waals surface area contributed by atoms with Crippen molar-refractivity contribution in [1.82, 2.24) is 18.9 Å². The Morgan fingerprint density at radius 2 is 1.96 bits per heavy atom. The van der Waals surface area contributed by atoms with Gasteiger partial charge in [0.1, 0.15) is 5.82 Å². The van der Waals surface area contributed by atoms with Crippen LogP contribution in [-0.4, -0.2) is 33.6 Å². The molecule has 0 amide bonds. The predicted molar refractivity (Wildman–Crippen MR) is 92.0 cm³/mol. The predicted octanol–water partition coefficient (Wildman–Crippen LogP) is 3.32. The minimum atomic E-state index is -3.45. The van der Waals surface area contributed by atoms with E-state index in [0.29, 0.717) is 11.5 Å². The zero-order valence-electron chi connectivity index (χ0n) is 12.5. The molecule has 0 atom stereocenters. The molecule has 0 saturated carbocycles. The molecule has 0 unspecified atom stereocenters. The molecule has 0 radical (unpaired) electrons. The van der Waals surface area contributed by atoms with E-state index in [1.54, 1.807) is 25.1 Å². The smallest absolute Gasteiger partial charge is 0.226 e. The molecule has 24 heavy (non-hydrogen) atoms. The number of para-hydroxylation sites is 1. The van der Waals surface area contributed by atoms with Crippen LogP contribution in [0.15, 0.2) is 29.2 Å². The van der Waals surface area contributed by atoms with Crippen molar-refractivity contribution in [2.24, 2.45) is 0 Å². The summed E-state index contributed by atoms with van der Waals surface area (Å²) in [5.41, 5.74) is 0.792. The van der Waals surface area contributed by atoms with Gasteiger partial charge < -0.3 is 5.32 Å². The number of benzene rings is 1. The van der Waals surface area contributed by atoms with Crippen molar-refractivity contribution in [2.45, 2.75) is 11.8 Å². The number of imidazole rings is 1. The van der Waals surface area contributed by atoms with Gasteiger partial charge in [0, 0.05) is 6.26 Å². The Bertz CT molecular complexity index is 1040. The van der Waals surface area contributed by atoms with Crippen LogP contribution in [0.3, 0.4) is 0 Å². The van der Waals surface area contributed by atoms with E-state index in [0.717, 1.165) is 10.2 Å². The molecule has 0 aliphatic rings. The van der Waals surface area contributed by atoms with Crippen LogP contribution in [0.5, 0.6) is 0 Å². The van der Waals surface area contributed by atoms with E-state index in [1.165, 1.54) is 6.07 Å². The summed E-state index contributed by atoms with van der Waals surface area (Å²) >= 11 is 5.85. The molecule has 0 fully saturated rings. The van der Waals surface area contributed by atoms with Gasteiger partial charge in [-0.2, -0.15) is 9.97 Å². The maximum Gasteiger partial charge on any atom is 0.226 e. The van der Waals surface area contributed by atoms with Crippen LogP contribution in [0.4, 0.5) is 15.4 Å². The normalized spacial score (nSPS) is 11.8. The molecule has 1 N–H and O–H groups in total. The van der Waals surface area contributed by atoms with Crippen LogP contribution < -0.4 is 5.32 Å². The van der Waals surface area contributed by atoms with Crippen molar-refractivity contribution in [1.29, 1.82) is 0 Å². The van der Waals surface area contributed by atoms with Gasteiger partial charge in [-0.15, -0.1) is 3.89 Å². The molecule has 0 spiro atoms. The summed E-state index contributed by atoms with van der Waals surface area (Å²) in [6.07, 6.45) is 1.11. The van der Waals surface area contributed by atoms with Crippen LogP contribution in [0.2, 0.25) is 5.28 Å². The topological polar surface area (TPSA) is 89.8 Å². The molecule has 0 bridgehead atoms. The number of nitrogens with zero attached hydrogens (tertiary/aromatic N) is 4. The minimum Gasteiger partial charge on any atom is -0.337 e. The monoisotopic (exact) mass is 387 g/mol. The van der Waals surface area contributed by atoms with Crippen molar-refractivity contribution < 1.29 is 12.3 Å². The molecule has 11 heteroatoms. The van der Waals surface area contributed by atoms with E-state index in [4.69, 9.17) is 11.6 Å². The molecule has 0 aliphatic carbocycles. The van der Waals surface area contributed by atoms with E-state index >= 15 is 0 Å². The van der Waals surface area contributed by atoms with Gasteiger partial charge in [0.15, 0.2) is 39.2 Å². The molecular weight excluding hydrogens is 377 g/mol. The molecular formula is C13H11ClFN5O2S2. The summed E-state index contributed by atoms with van der Waals surface area (Å²) < 4.78 is 38.1. The fraction of sp³-hybridized carbons (Fsp3) is 0.154. The lowest BCUT2D eigenvalue weighted by Crippen LogP contribution is -2.04. The Morgan fingerprint density at radius 1 is 1.25 bits per heavy atom. The molecule has 0 saturated heterocycles. The van der Waals surface area contributed by atoms with Gasteiger partial charge >= 0.3 is 0 Å². The average Bonchev–Trinajstić information content (AvgIpc) is 2.82. The lowest BCUT2D eigenvalue weighted by molar-refractivity contribution is 0.602. The number of halogens is 2. The summed E-state index contributed by atoms with van der Waals surface area (Å²) in [6.45, 7) is 1.61.